The molecule has 1 heterocycles. The van der Waals surface area contributed by atoms with Crippen molar-refractivity contribution in [2.75, 3.05) is 7.05 Å². The summed E-state index contributed by atoms with van der Waals surface area (Å²) >= 11 is 0. The van der Waals surface area contributed by atoms with Crippen LogP contribution in [0, 0.1) is 5.92 Å². The Kier molecular flexibility index (Phi) is 4.30. The maximum Gasteiger partial charge on any atom is 0.222 e. The van der Waals surface area contributed by atoms with E-state index in [1.807, 2.05) is 26.1 Å². The minimum Gasteiger partial charge on any atom is -0.464 e. The van der Waals surface area contributed by atoms with Crippen molar-refractivity contribution in [3.8, 4) is 0 Å². The molecule has 4 heteroatoms. The zero-order chi connectivity index (χ0) is 14.0. The second kappa shape index (κ2) is 5.78. The molecular weight excluding hydrogens is 240 g/mol. The fraction of sp³-hybridized carbons (Fsp3) is 0.667. The fourth-order valence-electron chi connectivity index (χ4n) is 2.26. The first-order valence-corrected chi connectivity index (χ1v) is 7.05. The molecule has 1 aromatic heterocycles. The molecule has 19 heavy (non-hydrogen) atoms. The van der Waals surface area contributed by atoms with Crippen LogP contribution in [0.25, 0.3) is 0 Å². The summed E-state index contributed by atoms with van der Waals surface area (Å²) in [5.41, 5.74) is 5.66. The number of amides is 1. The van der Waals surface area contributed by atoms with Crippen LogP contribution in [0.3, 0.4) is 0 Å². The molecule has 2 rings (SSSR count). The Balaban J connectivity index is 1.82. The number of carbonyl (C=O) groups is 1. The fourth-order valence-corrected chi connectivity index (χ4v) is 2.26. The normalized spacial score (nSPS) is 23.2. The van der Waals surface area contributed by atoms with Crippen molar-refractivity contribution in [3.63, 3.8) is 0 Å². The highest BCUT2D eigenvalue weighted by Crippen LogP contribution is 2.47. The van der Waals surface area contributed by atoms with Crippen molar-refractivity contribution in [1.82, 2.24) is 4.90 Å². The van der Waals surface area contributed by atoms with Gasteiger partial charge in [0.25, 0.3) is 0 Å². The molecule has 1 amide bonds. The van der Waals surface area contributed by atoms with Gasteiger partial charge in [-0.3, -0.25) is 4.79 Å². The van der Waals surface area contributed by atoms with E-state index >= 15 is 0 Å². The van der Waals surface area contributed by atoms with Crippen LogP contribution in [-0.4, -0.2) is 23.9 Å². The molecule has 1 saturated carbocycles. The summed E-state index contributed by atoms with van der Waals surface area (Å²) in [7, 11) is 1.81. The Morgan fingerprint density at radius 1 is 1.58 bits per heavy atom. The summed E-state index contributed by atoms with van der Waals surface area (Å²) in [5, 5.41) is 0. The van der Waals surface area contributed by atoms with E-state index in [-0.39, 0.29) is 11.9 Å². The monoisotopic (exact) mass is 264 g/mol. The SMILES string of the molecule is CC(N)CCC(=O)N(C)Cc1ccc(C2CC2C)o1. The lowest BCUT2D eigenvalue weighted by atomic mass is 10.2. The van der Waals surface area contributed by atoms with Gasteiger partial charge >= 0.3 is 0 Å². The van der Waals surface area contributed by atoms with Crippen molar-refractivity contribution < 1.29 is 9.21 Å². The van der Waals surface area contributed by atoms with Gasteiger partial charge < -0.3 is 15.1 Å². The molecular formula is C15H24N2O2. The Morgan fingerprint density at radius 2 is 2.26 bits per heavy atom. The number of hydrogen-bond donors (Lipinski definition) is 1. The molecule has 3 atom stereocenters. The second-order valence-corrected chi connectivity index (χ2v) is 5.89. The van der Waals surface area contributed by atoms with Gasteiger partial charge in [0.1, 0.15) is 11.5 Å². The average Bonchev–Trinajstić information content (AvgIpc) is 2.89. The van der Waals surface area contributed by atoms with Gasteiger partial charge in [0.05, 0.1) is 6.54 Å². The standard InChI is InChI=1S/C15H24N2O2/c1-10-8-13(10)14-6-5-12(19-14)9-17(3)15(18)7-4-11(2)16/h5-6,10-11,13H,4,7-9,16H2,1-3H3. The number of hydrogen-bond acceptors (Lipinski definition) is 3. The molecule has 1 aliphatic rings. The number of furan rings is 1. The summed E-state index contributed by atoms with van der Waals surface area (Å²) in [6.07, 6.45) is 2.45. The molecule has 1 fully saturated rings. The molecule has 1 aromatic rings. The predicted octanol–water partition coefficient (Wildman–Crippen LogP) is 2.49. The summed E-state index contributed by atoms with van der Waals surface area (Å²) in [4.78, 5) is 13.6. The Hall–Kier alpha value is -1.29. The predicted molar refractivity (Wildman–Crippen MR) is 74.6 cm³/mol. The summed E-state index contributed by atoms with van der Waals surface area (Å²) in [6.45, 7) is 4.69. The zero-order valence-corrected chi connectivity index (χ0v) is 12.1. The van der Waals surface area contributed by atoms with Gasteiger partial charge in [-0.25, -0.2) is 0 Å². The molecule has 0 saturated heterocycles. The minimum absolute atomic E-state index is 0.0731. The highest BCUT2D eigenvalue weighted by Gasteiger charge is 2.36. The van der Waals surface area contributed by atoms with Crippen LogP contribution < -0.4 is 5.73 Å². The van der Waals surface area contributed by atoms with E-state index in [9.17, 15) is 4.79 Å². The first-order chi connectivity index (χ1) is 8.97. The number of carbonyl (C=O) groups excluding carboxylic acids is 1. The second-order valence-electron chi connectivity index (χ2n) is 5.89. The van der Waals surface area contributed by atoms with E-state index in [4.69, 9.17) is 10.2 Å². The minimum atomic E-state index is 0.0731. The maximum absolute atomic E-state index is 11.9. The maximum atomic E-state index is 11.9. The van der Waals surface area contributed by atoms with Crippen molar-refractivity contribution >= 4 is 5.91 Å². The molecule has 106 valence electrons. The van der Waals surface area contributed by atoms with Crippen molar-refractivity contribution in [2.24, 2.45) is 11.7 Å². The molecule has 0 aliphatic heterocycles. The van der Waals surface area contributed by atoms with Gasteiger partial charge in [-0.05, 0) is 37.8 Å². The molecule has 3 unspecified atom stereocenters. The largest absolute Gasteiger partial charge is 0.464 e. The van der Waals surface area contributed by atoms with Crippen LogP contribution >= 0.6 is 0 Å². The Morgan fingerprint density at radius 3 is 2.84 bits per heavy atom. The van der Waals surface area contributed by atoms with E-state index in [1.54, 1.807) is 4.90 Å². The summed E-state index contributed by atoms with van der Waals surface area (Å²) < 4.78 is 5.81. The zero-order valence-electron chi connectivity index (χ0n) is 12.1. The first kappa shape index (κ1) is 14.1. The van der Waals surface area contributed by atoms with Crippen LogP contribution in [-0.2, 0) is 11.3 Å². The van der Waals surface area contributed by atoms with E-state index < -0.39 is 0 Å². The third kappa shape index (κ3) is 3.83. The molecule has 2 N–H and O–H groups in total. The van der Waals surface area contributed by atoms with Crippen molar-refractivity contribution in [3.05, 3.63) is 23.7 Å². The third-order valence-electron chi connectivity index (χ3n) is 3.79. The summed E-state index contributed by atoms with van der Waals surface area (Å²) in [5.74, 6) is 3.39. The quantitative estimate of drug-likeness (QED) is 0.858. The van der Waals surface area contributed by atoms with Crippen LogP contribution in [0.15, 0.2) is 16.5 Å². The lowest BCUT2D eigenvalue weighted by Crippen LogP contribution is -2.27. The number of rotatable bonds is 6. The van der Waals surface area contributed by atoms with Gasteiger partial charge in [-0.15, -0.1) is 0 Å². The van der Waals surface area contributed by atoms with E-state index in [0.717, 1.165) is 23.9 Å². The van der Waals surface area contributed by atoms with Crippen LogP contribution in [0.1, 0.15) is 50.5 Å². The lowest BCUT2D eigenvalue weighted by Gasteiger charge is -2.16. The van der Waals surface area contributed by atoms with Crippen molar-refractivity contribution in [1.29, 1.82) is 0 Å². The first-order valence-electron chi connectivity index (χ1n) is 7.05. The molecule has 0 aromatic carbocycles. The van der Waals surface area contributed by atoms with E-state index in [0.29, 0.717) is 18.9 Å². The smallest absolute Gasteiger partial charge is 0.222 e. The summed E-state index contributed by atoms with van der Waals surface area (Å²) in [6, 6.07) is 4.10. The molecule has 0 spiro atoms. The number of nitrogens with two attached hydrogens (primary N) is 1. The van der Waals surface area contributed by atoms with Gasteiger partial charge in [-0.1, -0.05) is 6.92 Å². The third-order valence-corrected chi connectivity index (χ3v) is 3.79. The van der Waals surface area contributed by atoms with E-state index in [1.165, 1.54) is 6.42 Å². The molecule has 0 bridgehead atoms. The topological polar surface area (TPSA) is 59.5 Å². The van der Waals surface area contributed by atoms with Crippen LogP contribution in [0.4, 0.5) is 0 Å². The van der Waals surface area contributed by atoms with Gasteiger partial charge in [0.2, 0.25) is 5.91 Å². The molecule has 0 radical (unpaired) electrons. The highest BCUT2D eigenvalue weighted by molar-refractivity contribution is 5.75. The van der Waals surface area contributed by atoms with Crippen LogP contribution in [0.5, 0.6) is 0 Å². The molecule has 4 nitrogen and oxygen atoms in total. The van der Waals surface area contributed by atoms with Gasteiger partial charge in [0.15, 0.2) is 0 Å². The Bertz CT molecular complexity index is 439. The Labute approximate surface area is 114 Å². The molecule has 1 aliphatic carbocycles. The van der Waals surface area contributed by atoms with Gasteiger partial charge in [0, 0.05) is 25.4 Å². The van der Waals surface area contributed by atoms with Crippen molar-refractivity contribution in [2.45, 2.75) is 51.6 Å². The lowest BCUT2D eigenvalue weighted by molar-refractivity contribution is -0.130. The van der Waals surface area contributed by atoms with Crippen LogP contribution in [0.2, 0.25) is 0 Å². The number of nitrogens with zero attached hydrogens (tertiary/aromatic N) is 1. The highest BCUT2D eigenvalue weighted by atomic mass is 16.3. The average molecular weight is 264 g/mol. The van der Waals surface area contributed by atoms with Gasteiger partial charge in [-0.2, -0.15) is 0 Å². The van der Waals surface area contributed by atoms with E-state index in [2.05, 4.69) is 6.92 Å².